The number of amides is 1. The maximum absolute atomic E-state index is 13.2. The Labute approximate surface area is 135 Å². The third-order valence-electron chi connectivity index (χ3n) is 4.52. The standard InChI is InChI=1S/C19H22FNO2/c20-15-10-8-14(9-11-15)17(18-7-4-12-23-18)13-19(22)21-16-5-2-1-3-6-16/h4,7-12,16-17H,1-3,5-6,13H2,(H,21,22)/t17-/m0/s1. The normalized spacial score (nSPS) is 16.9. The highest BCUT2D eigenvalue weighted by molar-refractivity contribution is 5.77. The van der Waals surface area contributed by atoms with Crippen molar-refractivity contribution in [3.63, 3.8) is 0 Å². The van der Waals surface area contributed by atoms with Crippen molar-refractivity contribution in [1.82, 2.24) is 5.32 Å². The molecule has 3 nitrogen and oxygen atoms in total. The molecule has 3 rings (SSSR count). The first kappa shape index (κ1) is 15.8. The molecule has 1 aromatic carbocycles. The van der Waals surface area contributed by atoms with Crippen LogP contribution in [0.3, 0.4) is 0 Å². The van der Waals surface area contributed by atoms with Crippen LogP contribution in [0.5, 0.6) is 0 Å². The van der Waals surface area contributed by atoms with Crippen molar-refractivity contribution in [1.29, 1.82) is 0 Å². The van der Waals surface area contributed by atoms with Crippen molar-refractivity contribution in [3.05, 3.63) is 59.8 Å². The zero-order chi connectivity index (χ0) is 16.1. The van der Waals surface area contributed by atoms with E-state index < -0.39 is 0 Å². The Bertz CT molecular complexity index is 615. The summed E-state index contributed by atoms with van der Waals surface area (Å²) in [5, 5.41) is 3.14. The Hall–Kier alpha value is -2.10. The van der Waals surface area contributed by atoms with Gasteiger partial charge >= 0.3 is 0 Å². The summed E-state index contributed by atoms with van der Waals surface area (Å²) in [4.78, 5) is 12.4. The first-order chi connectivity index (χ1) is 11.2. The van der Waals surface area contributed by atoms with Gasteiger partial charge in [0, 0.05) is 12.5 Å². The molecule has 2 aromatic rings. The molecule has 0 unspecified atom stereocenters. The molecule has 0 saturated heterocycles. The molecule has 1 heterocycles. The van der Waals surface area contributed by atoms with Crippen LogP contribution in [-0.4, -0.2) is 11.9 Å². The third kappa shape index (κ3) is 4.21. The average molecular weight is 315 g/mol. The third-order valence-corrected chi connectivity index (χ3v) is 4.52. The number of benzene rings is 1. The molecule has 1 aromatic heterocycles. The minimum Gasteiger partial charge on any atom is -0.469 e. The van der Waals surface area contributed by atoms with Crippen molar-refractivity contribution in [2.75, 3.05) is 0 Å². The molecule has 1 saturated carbocycles. The number of carbonyl (C=O) groups excluding carboxylic acids is 1. The SMILES string of the molecule is O=C(C[C@@H](c1ccc(F)cc1)c1ccco1)NC1CCCCC1. The van der Waals surface area contributed by atoms with Gasteiger partial charge in [-0.2, -0.15) is 0 Å². The summed E-state index contributed by atoms with van der Waals surface area (Å²) in [6.07, 6.45) is 7.67. The molecule has 1 amide bonds. The smallest absolute Gasteiger partial charge is 0.221 e. The summed E-state index contributed by atoms with van der Waals surface area (Å²) in [5.74, 6) is 0.297. The molecule has 1 fully saturated rings. The Morgan fingerprint density at radius 2 is 1.91 bits per heavy atom. The molecule has 1 aliphatic rings. The molecule has 4 heteroatoms. The molecule has 1 atom stereocenters. The molecular weight excluding hydrogens is 293 g/mol. The van der Waals surface area contributed by atoms with Crippen molar-refractivity contribution in [2.45, 2.75) is 50.5 Å². The average Bonchev–Trinajstić information content (AvgIpc) is 3.09. The maximum Gasteiger partial charge on any atom is 0.221 e. The summed E-state index contributed by atoms with van der Waals surface area (Å²) < 4.78 is 18.7. The van der Waals surface area contributed by atoms with E-state index in [0.717, 1.165) is 24.2 Å². The van der Waals surface area contributed by atoms with E-state index in [2.05, 4.69) is 5.32 Å². The van der Waals surface area contributed by atoms with Crippen LogP contribution in [0.25, 0.3) is 0 Å². The Morgan fingerprint density at radius 3 is 2.57 bits per heavy atom. The number of furan rings is 1. The van der Waals surface area contributed by atoms with E-state index >= 15 is 0 Å². The summed E-state index contributed by atoms with van der Waals surface area (Å²) in [6, 6.07) is 10.2. The quantitative estimate of drug-likeness (QED) is 0.889. The van der Waals surface area contributed by atoms with E-state index in [-0.39, 0.29) is 17.6 Å². The van der Waals surface area contributed by atoms with Crippen molar-refractivity contribution in [3.8, 4) is 0 Å². The molecule has 0 bridgehead atoms. The van der Waals surface area contributed by atoms with Crippen LogP contribution < -0.4 is 5.32 Å². The Kier molecular flexibility index (Phi) is 5.11. The van der Waals surface area contributed by atoms with E-state index in [1.165, 1.54) is 31.4 Å². The summed E-state index contributed by atoms with van der Waals surface area (Å²) in [7, 11) is 0. The second-order valence-electron chi connectivity index (χ2n) is 6.23. The second-order valence-corrected chi connectivity index (χ2v) is 6.23. The number of rotatable bonds is 5. The lowest BCUT2D eigenvalue weighted by atomic mass is 9.91. The highest BCUT2D eigenvalue weighted by Gasteiger charge is 2.23. The van der Waals surface area contributed by atoms with E-state index in [0.29, 0.717) is 12.5 Å². The Morgan fingerprint density at radius 1 is 1.17 bits per heavy atom. The number of hydrogen-bond acceptors (Lipinski definition) is 2. The largest absolute Gasteiger partial charge is 0.469 e. The highest BCUT2D eigenvalue weighted by atomic mass is 19.1. The topological polar surface area (TPSA) is 42.2 Å². The number of carbonyl (C=O) groups is 1. The Balaban J connectivity index is 1.71. The minimum atomic E-state index is -0.279. The fourth-order valence-electron chi connectivity index (χ4n) is 3.29. The van der Waals surface area contributed by atoms with Crippen LogP contribution in [0.15, 0.2) is 47.1 Å². The summed E-state index contributed by atoms with van der Waals surface area (Å²) >= 11 is 0. The van der Waals surface area contributed by atoms with Gasteiger partial charge in [0.05, 0.1) is 12.2 Å². The fraction of sp³-hybridized carbons (Fsp3) is 0.421. The van der Waals surface area contributed by atoms with Gasteiger partial charge in [-0.3, -0.25) is 4.79 Å². The monoisotopic (exact) mass is 315 g/mol. The summed E-state index contributed by atoms with van der Waals surface area (Å²) in [5.41, 5.74) is 0.889. The van der Waals surface area contributed by atoms with Gasteiger partial charge in [-0.15, -0.1) is 0 Å². The van der Waals surface area contributed by atoms with Crippen molar-refractivity contribution < 1.29 is 13.6 Å². The molecule has 0 radical (unpaired) electrons. The van der Waals surface area contributed by atoms with Crippen molar-refractivity contribution >= 4 is 5.91 Å². The number of hydrogen-bond donors (Lipinski definition) is 1. The second kappa shape index (κ2) is 7.44. The molecule has 1 N–H and O–H groups in total. The predicted octanol–water partition coefficient (Wildman–Crippen LogP) is 4.39. The lowest BCUT2D eigenvalue weighted by Gasteiger charge is -2.24. The van der Waals surface area contributed by atoms with Crippen molar-refractivity contribution in [2.24, 2.45) is 0 Å². The molecule has 23 heavy (non-hydrogen) atoms. The van der Waals surface area contributed by atoms with Crippen LogP contribution in [-0.2, 0) is 4.79 Å². The first-order valence-corrected chi connectivity index (χ1v) is 8.30. The molecule has 0 spiro atoms. The van der Waals surface area contributed by atoms with Crippen LogP contribution in [0.1, 0.15) is 55.8 Å². The molecule has 0 aliphatic heterocycles. The lowest BCUT2D eigenvalue weighted by molar-refractivity contribution is -0.122. The number of nitrogens with one attached hydrogen (secondary N) is 1. The van der Waals surface area contributed by atoms with Gasteiger partial charge in [-0.05, 0) is 42.7 Å². The zero-order valence-corrected chi connectivity index (χ0v) is 13.1. The number of halogens is 1. The van der Waals surface area contributed by atoms with Gasteiger partial charge in [-0.1, -0.05) is 31.4 Å². The first-order valence-electron chi connectivity index (χ1n) is 8.30. The molecule has 122 valence electrons. The van der Waals surface area contributed by atoms with Gasteiger partial charge in [-0.25, -0.2) is 4.39 Å². The van der Waals surface area contributed by atoms with Gasteiger partial charge in [0.25, 0.3) is 0 Å². The van der Waals surface area contributed by atoms with E-state index in [9.17, 15) is 9.18 Å². The fourth-order valence-corrected chi connectivity index (χ4v) is 3.29. The van der Waals surface area contributed by atoms with Gasteiger partial charge in [0.2, 0.25) is 5.91 Å². The summed E-state index contributed by atoms with van der Waals surface area (Å²) in [6.45, 7) is 0. The predicted molar refractivity (Wildman–Crippen MR) is 86.6 cm³/mol. The van der Waals surface area contributed by atoms with Gasteiger partial charge in [0.1, 0.15) is 11.6 Å². The van der Waals surface area contributed by atoms with E-state index in [4.69, 9.17) is 4.42 Å². The molecule has 1 aliphatic carbocycles. The van der Waals surface area contributed by atoms with E-state index in [1.807, 2.05) is 12.1 Å². The lowest BCUT2D eigenvalue weighted by Crippen LogP contribution is -2.36. The highest BCUT2D eigenvalue weighted by Crippen LogP contribution is 2.29. The minimum absolute atomic E-state index is 0.0302. The van der Waals surface area contributed by atoms with Crippen LogP contribution in [0, 0.1) is 5.82 Å². The van der Waals surface area contributed by atoms with Crippen LogP contribution >= 0.6 is 0 Å². The van der Waals surface area contributed by atoms with Gasteiger partial charge < -0.3 is 9.73 Å². The van der Waals surface area contributed by atoms with E-state index in [1.54, 1.807) is 18.4 Å². The molecular formula is C19H22FNO2. The van der Waals surface area contributed by atoms with Crippen LogP contribution in [0.4, 0.5) is 4.39 Å². The maximum atomic E-state index is 13.2. The van der Waals surface area contributed by atoms with Crippen LogP contribution in [0.2, 0.25) is 0 Å². The van der Waals surface area contributed by atoms with Gasteiger partial charge in [0.15, 0.2) is 0 Å². The zero-order valence-electron chi connectivity index (χ0n) is 13.1.